The Morgan fingerprint density at radius 3 is 2.94 bits per heavy atom. The first-order chi connectivity index (χ1) is 8.27. The summed E-state index contributed by atoms with van der Waals surface area (Å²) >= 11 is 5.90. The standard InChI is InChI=1S/C9H16ClN5O2/c1-16-4-5-17-3-2-12-8-7(10)6-13-9(14-8)15-11/h6H,2-5,11H2,1H3,(H2,12,13,14,15). The zero-order valence-electron chi connectivity index (χ0n) is 9.57. The van der Waals surface area contributed by atoms with E-state index in [0.29, 0.717) is 43.2 Å². The number of ether oxygens (including phenoxy) is 2. The van der Waals surface area contributed by atoms with E-state index in [-0.39, 0.29) is 0 Å². The van der Waals surface area contributed by atoms with E-state index in [0.717, 1.165) is 0 Å². The minimum atomic E-state index is 0.303. The topological polar surface area (TPSA) is 94.3 Å². The molecule has 0 aliphatic carbocycles. The van der Waals surface area contributed by atoms with Crippen molar-refractivity contribution >= 4 is 23.4 Å². The van der Waals surface area contributed by atoms with Crippen molar-refractivity contribution in [3.63, 3.8) is 0 Å². The van der Waals surface area contributed by atoms with Gasteiger partial charge in [-0.25, -0.2) is 10.8 Å². The summed E-state index contributed by atoms with van der Waals surface area (Å²) in [6, 6.07) is 0. The molecule has 0 aromatic carbocycles. The van der Waals surface area contributed by atoms with E-state index >= 15 is 0 Å². The number of hydrogen-bond acceptors (Lipinski definition) is 7. The summed E-state index contributed by atoms with van der Waals surface area (Å²) in [5, 5.41) is 3.45. The minimum Gasteiger partial charge on any atom is -0.382 e. The SMILES string of the molecule is COCCOCCNc1nc(NN)ncc1Cl. The molecule has 0 unspecified atom stereocenters. The van der Waals surface area contributed by atoms with Gasteiger partial charge in [0.15, 0.2) is 5.82 Å². The van der Waals surface area contributed by atoms with Crippen LogP contribution in [0, 0.1) is 0 Å². The Bertz CT molecular complexity index is 339. The first-order valence-electron chi connectivity index (χ1n) is 5.07. The van der Waals surface area contributed by atoms with Crippen molar-refractivity contribution in [2.75, 3.05) is 44.2 Å². The number of rotatable bonds is 8. The van der Waals surface area contributed by atoms with Crippen molar-refractivity contribution in [1.82, 2.24) is 9.97 Å². The zero-order valence-corrected chi connectivity index (χ0v) is 10.3. The van der Waals surface area contributed by atoms with Crippen LogP contribution in [0.1, 0.15) is 0 Å². The molecule has 0 radical (unpaired) electrons. The third-order valence-electron chi connectivity index (χ3n) is 1.84. The van der Waals surface area contributed by atoms with Gasteiger partial charge in [0.25, 0.3) is 0 Å². The number of hydrogen-bond donors (Lipinski definition) is 3. The molecule has 0 saturated heterocycles. The number of halogens is 1. The van der Waals surface area contributed by atoms with Crippen molar-refractivity contribution in [2.45, 2.75) is 0 Å². The lowest BCUT2D eigenvalue weighted by molar-refractivity contribution is 0.0759. The molecule has 0 bridgehead atoms. The van der Waals surface area contributed by atoms with E-state index in [1.54, 1.807) is 7.11 Å². The van der Waals surface area contributed by atoms with Crippen molar-refractivity contribution in [3.05, 3.63) is 11.2 Å². The highest BCUT2D eigenvalue weighted by Gasteiger charge is 2.03. The lowest BCUT2D eigenvalue weighted by atomic mass is 10.5. The van der Waals surface area contributed by atoms with Gasteiger partial charge >= 0.3 is 0 Å². The summed E-state index contributed by atoms with van der Waals surface area (Å²) in [5.74, 6) is 6.02. The number of nitrogen functional groups attached to an aromatic ring is 1. The van der Waals surface area contributed by atoms with Gasteiger partial charge in [-0.15, -0.1) is 0 Å². The van der Waals surface area contributed by atoms with E-state index < -0.39 is 0 Å². The molecule has 0 fully saturated rings. The highest BCUT2D eigenvalue weighted by Crippen LogP contribution is 2.18. The van der Waals surface area contributed by atoms with Crippen LogP contribution >= 0.6 is 11.6 Å². The second kappa shape index (κ2) is 8.02. The first kappa shape index (κ1) is 13.9. The third-order valence-corrected chi connectivity index (χ3v) is 2.12. The fourth-order valence-corrected chi connectivity index (χ4v) is 1.20. The molecule has 8 heteroatoms. The second-order valence-corrected chi connectivity index (χ2v) is 3.47. The molecule has 0 aliphatic rings. The van der Waals surface area contributed by atoms with E-state index in [2.05, 4.69) is 20.7 Å². The molecule has 1 aromatic heterocycles. The van der Waals surface area contributed by atoms with Gasteiger partial charge < -0.3 is 14.8 Å². The Hall–Kier alpha value is -1.15. The summed E-state index contributed by atoms with van der Waals surface area (Å²) in [6.45, 7) is 2.26. The van der Waals surface area contributed by atoms with Crippen LogP contribution in [0.5, 0.6) is 0 Å². The van der Waals surface area contributed by atoms with E-state index in [1.807, 2.05) is 0 Å². The molecule has 1 heterocycles. The van der Waals surface area contributed by atoms with Gasteiger partial charge in [0, 0.05) is 13.7 Å². The number of methoxy groups -OCH3 is 1. The van der Waals surface area contributed by atoms with Gasteiger partial charge in [-0.2, -0.15) is 4.98 Å². The summed E-state index contributed by atoms with van der Waals surface area (Å²) < 4.78 is 10.1. The molecule has 17 heavy (non-hydrogen) atoms. The van der Waals surface area contributed by atoms with Gasteiger partial charge in [0.1, 0.15) is 5.02 Å². The minimum absolute atomic E-state index is 0.303. The normalized spacial score (nSPS) is 10.3. The Labute approximate surface area is 105 Å². The van der Waals surface area contributed by atoms with Crippen molar-refractivity contribution in [1.29, 1.82) is 0 Å². The molecule has 96 valence electrons. The van der Waals surface area contributed by atoms with Crippen LogP contribution in [-0.2, 0) is 9.47 Å². The Morgan fingerprint density at radius 1 is 1.41 bits per heavy atom. The maximum absolute atomic E-state index is 5.90. The average Bonchev–Trinajstić information content (AvgIpc) is 2.35. The van der Waals surface area contributed by atoms with Crippen molar-refractivity contribution in [2.24, 2.45) is 5.84 Å². The molecular weight excluding hydrogens is 246 g/mol. The van der Waals surface area contributed by atoms with Gasteiger partial charge in [-0.3, -0.25) is 5.43 Å². The zero-order chi connectivity index (χ0) is 12.5. The van der Waals surface area contributed by atoms with Gasteiger partial charge in [-0.05, 0) is 0 Å². The van der Waals surface area contributed by atoms with E-state index in [4.69, 9.17) is 26.9 Å². The number of anilines is 2. The summed E-state index contributed by atoms with van der Waals surface area (Å²) in [4.78, 5) is 7.91. The number of aromatic nitrogens is 2. The predicted molar refractivity (Wildman–Crippen MR) is 66.0 cm³/mol. The molecule has 0 atom stereocenters. The Kier molecular flexibility index (Phi) is 6.56. The van der Waals surface area contributed by atoms with E-state index in [1.165, 1.54) is 6.20 Å². The van der Waals surface area contributed by atoms with Crippen LogP contribution in [0.4, 0.5) is 11.8 Å². The monoisotopic (exact) mass is 261 g/mol. The van der Waals surface area contributed by atoms with Crippen LogP contribution in [0.2, 0.25) is 5.02 Å². The van der Waals surface area contributed by atoms with Crippen LogP contribution < -0.4 is 16.6 Å². The molecule has 0 amide bonds. The molecule has 4 N–H and O–H groups in total. The predicted octanol–water partition coefficient (Wildman–Crippen LogP) is 0.491. The van der Waals surface area contributed by atoms with Gasteiger partial charge in [0.05, 0.1) is 26.0 Å². The smallest absolute Gasteiger partial charge is 0.239 e. The summed E-state index contributed by atoms with van der Waals surface area (Å²) in [7, 11) is 1.63. The molecule has 0 saturated carbocycles. The van der Waals surface area contributed by atoms with E-state index in [9.17, 15) is 0 Å². The number of hydrazine groups is 1. The Morgan fingerprint density at radius 2 is 2.24 bits per heavy atom. The van der Waals surface area contributed by atoms with Crippen LogP contribution in [0.15, 0.2) is 6.20 Å². The molecule has 1 rings (SSSR count). The molecule has 0 aliphatic heterocycles. The number of nitrogens with one attached hydrogen (secondary N) is 2. The van der Waals surface area contributed by atoms with Crippen LogP contribution in [0.3, 0.4) is 0 Å². The highest BCUT2D eigenvalue weighted by atomic mass is 35.5. The number of nitrogens with two attached hydrogens (primary N) is 1. The van der Waals surface area contributed by atoms with Crippen LogP contribution in [0.25, 0.3) is 0 Å². The fraction of sp³-hybridized carbons (Fsp3) is 0.556. The maximum Gasteiger partial charge on any atom is 0.239 e. The maximum atomic E-state index is 5.90. The Balaban J connectivity index is 2.30. The summed E-state index contributed by atoms with van der Waals surface area (Å²) in [5.41, 5.74) is 2.34. The molecule has 0 spiro atoms. The largest absolute Gasteiger partial charge is 0.382 e. The third kappa shape index (κ3) is 5.14. The lowest BCUT2D eigenvalue weighted by Crippen LogP contribution is -2.15. The molecule has 1 aromatic rings. The molecule has 7 nitrogen and oxygen atoms in total. The average molecular weight is 262 g/mol. The quantitative estimate of drug-likeness (QED) is 0.356. The lowest BCUT2D eigenvalue weighted by Gasteiger charge is -2.08. The molecular formula is C9H16ClN5O2. The second-order valence-electron chi connectivity index (χ2n) is 3.07. The van der Waals surface area contributed by atoms with Gasteiger partial charge in [-0.1, -0.05) is 11.6 Å². The highest BCUT2D eigenvalue weighted by molar-refractivity contribution is 6.32. The number of nitrogens with zero attached hydrogens (tertiary/aromatic N) is 2. The first-order valence-corrected chi connectivity index (χ1v) is 5.45. The van der Waals surface area contributed by atoms with Gasteiger partial charge in [0.2, 0.25) is 5.95 Å². The van der Waals surface area contributed by atoms with Crippen molar-refractivity contribution in [3.8, 4) is 0 Å². The summed E-state index contributed by atoms with van der Waals surface area (Å²) in [6.07, 6.45) is 1.47. The van der Waals surface area contributed by atoms with Crippen LogP contribution in [-0.4, -0.2) is 43.4 Å². The van der Waals surface area contributed by atoms with Crippen molar-refractivity contribution < 1.29 is 9.47 Å². The fourth-order valence-electron chi connectivity index (χ4n) is 1.05.